The Morgan fingerprint density at radius 1 is 1.75 bits per heavy atom. The highest BCUT2D eigenvalue weighted by atomic mass is 16.5. The Labute approximate surface area is 73.0 Å². The van der Waals surface area contributed by atoms with Crippen LogP contribution >= 0.6 is 0 Å². The van der Waals surface area contributed by atoms with Crippen molar-refractivity contribution in [1.29, 1.82) is 0 Å². The summed E-state index contributed by atoms with van der Waals surface area (Å²) >= 11 is 0. The Hall–Kier alpha value is -0.410. The molecule has 1 saturated heterocycles. The number of hydrogen-bond acceptors (Lipinski definition) is 3. The summed E-state index contributed by atoms with van der Waals surface area (Å²) < 4.78 is 10.3. The van der Waals surface area contributed by atoms with Crippen LogP contribution in [-0.4, -0.2) is 33.2 Å². The van der Waals surface area contributed by atoms with Crippen LogP contribution in [-0.2, 0) is 14.3 Å². The first-order valence-electron chi connectivity index (χ1n) is 4.28. The maximum absolute atomic E-state index is 10.9. The SMILES string of the molecule is COCC(C)C1(C=O)CCOC1. The van der Waals surface area contributed by atoms with Gasteiger partial charge in [-0.05, 0) is 12.3 Å². The van der Waals surface area contributed by atoms with E-state index in [1.54, 1.807) is 7.11 Å². The molecule has 2 atom stereocenters. The number of hydrogen-bond donors (Lipinski definition) is 0. The van der Waals surface area contributed by atoms with Gasteiger partial charge in [0.15, 0.2) is 0 Å². The van der Waals surface area contributed by atoms with Gasteiger partial charge in [-0.1, -0.05) is 6.92 Å². The fourth-order valence-corrected chi connectivity index (χ4v) is 1.61. The second-order valence-corrected chi connectivity index (χ2v) is 3.51. The monoisotopic (exact) mass is 172 g/mol. The molecule has 0 amide bonds. The molecule has 0 N–H and O–H groups in total. The number of carbonyl (C=O) groups is 1. The number of methoxy groups -OCH3 is 1. The smallest absolute Gasteiger partial charge is 0.128 e. The highest BCUT2D eigenvalue weighted by Gasteiger charge is 2.39. The molecule has 1 aliphatic rings. The normalized spacial score (nSPS) is 31.8. The maximum Gasteiger partial charge on any atom is 0.128 e. The Bertz CT molecular complexity index is 150. The van der Waals surface area contributed by atoms with Crippen molar-refractivity contribution in [2.24, 2.45) is 11.3 Å². The van der Waals surface area contributed by atoms with Gasteiger partial charge in [-0.15, -0.1) is 0 Å². The zero-order valence-corrected chi connectivity index (χ0v) is 7.71. The lowest BCUT2D eigenvalue weighted by atomic mass is 9.77. The van der Waals surface area contributed by atoms with Crippen molar-refractivity contribution in [3.63, 3.8) is 0 Å². The van der Waals surface area contributed by atoms with Crippen LogP contribution in [0.15, 0.2) is 0 Å². The first-order chi connectivity index (χ1) is 5.75. The minimum atomic E-state index is -0.282. The number of rotatable bonds is 4. The summed E-state index contributed by atoms with van der Waals surface area (Å²) in [5.74, 6) is 0.252. The zero-order chi connectivity index (χ0) is 9.03. The van der Waals surface area contributed by atoms with E-state index in [-0.39, 0.29) is 11.3 Å². The summed E-state index contributed by atoms with van der Waals surface area (Å²) in [5, 5.41) is 0. The van der Waals surface area contributed by atoms with Crippen molar-refractivity contribution in [2.45, 2.75) is 13.3 Å². The highest BCUT2D eigenvalue weighted by Crippen LogP contribution is 2.34. The lowest BCUT2D eigenvalue weighted by molar-refractivity contribution is -0.120. The van der Waals surface area contributed by atoms with Crippen molar-refractivity contribution in [3.8, 4) is 0 Å². The van der Waals surface area contributed by atoms with E-state index in [2.05, 4.69) is 0 Å². The van der Waals surface area contributed by atoms with Gasteiger partial charge < -0.3 is 14.3 Å². The lowest BCUT2D eigenvalue weighted by Gasteiger charge is -2.27. The predicted octanol–water partition coefficient (Wildman–Crippen LogP) is 0.875. The molecule has 0 saturated carbocycles. The van der Waals surface area contributed by atoms with Gasteiger partial charge in [0.2, 0.25) is 0 Å². The van der Waals surface area contributed by atoms with E-state index in [1.165, 1.54) is 0 Å². The standard InChI is InChI=1S/C9H16O3/c1-8(5-11-2)9(6-10)3-4-12-7-9/h6,8H,3-5,7H2,1-2H3. The molecule has 0 aliphatic carbocycles. The summed E-state index contributed by atoms with van der Waals surface area (Å²) in [6.45, 7) is 3.92. The fourth-order valence-electron chi connectivity index (χ4n) is 1.61. The van der Waals surface area contributed by atoms with Crippen molar-refractivity contribution in [2.75, 3.05) is 26.9 Å². The molecule has 0 aromatic rings. The average molecular weight is 172 g/mol. The van der Waals surface area contributed by atoms with Gasteiger partial charge >= 0.3 is 0 Å². The van der Waals surface area contributed by atoms with E-state index >= 15 is 0 Å². The van der Waals surface area contributed by atoms with E-state index in [1.807, 2.05) is 6.92 Å². The molecule has 0 spiro atoms. The van der Waals surface area contributed by atoms with E-state index in [0.29, 0.717) is 19.8 Å². The first kappa shape index (κ1) is 9.68. The minimum Gasteiger partial charge on any atom is -0.384 e. The molecule has 0 radical (unpaired) electrons. The molecule has 0 aromatic heterocycles. The Balaban J connectivity index is 2.58. The summed E-state index contributed by atoms with van der Waals surface area (Å²) in [6, 6.07) is 0. The molecule has 12 heavy (non-hydrogen) atoms. The molecular weight excluding hydrogens is 156 g/mol. The first-order valence-corrected chi connectivity index (χ1v) is 4.28. The number of ether oxygens (including phenoxy) is 2. The van der Waals surface area contributed by atoms with Crippen molar-refractivity contribution in [3.05, 3.63) is 0 Å². The number of carbonyl (C=O) groups excluding carboxylic acids is 1. The van der Waals surface area contributed by atoms with Gasteiger partial charge in [-0.25, -0.2) is 0 Å². The van der Waals surface area contributed by atoms with Gasteiger partial charge in [0.25, 0.3) is 0 Å². The van der Waals surface area contributed by atoms with Crippen LogP contribution in [0.25, 0.3) is 0 Å². The third-order valence-electron chi connectivity index (χ3n) is 2.72. The molecule has 1 rings (SSSR count). The molecule has 0 bridgehead atoms. The van der Waals surface area contributed by atoms with Crippen molar-refractivity contribution in [1.82, 2.24) is 0 Å². The zero-order valence-electron chi connectivity index (χ0n) is 7.71. The molecule has 2 unspecified atom stereocenters. The quantitative estimate of drug-likeness (QED) is 0.590. The molecule has 3 heteroatoms. The van der Waals surface area contributed by atoms with Crippen LogP contribution in [0.1, 0.15) is 13.3 Å². The molecule has 1 heterocycles. The van der Waals surface area contributed by atoms with E-state index in [0.717, 1.165) is 12.7 Å². The van der Waals surface area contributed by atoms with E-state index in [4.69, 9.17) is 9.47 Å². The maximum atomic E-state index is 10.9. The molecule has 1 fully saturated rings. The second-order valence-electron chi connectivity index (χ2n) is 3.51. The average Bonchev–Trinajstić information content (AvgIpc) is 2.54. The highest BCUT2D eigenvalue weighted by molar-refractivity contribution is 5.60. The fraction of sp³-hybridized carbons (Fsp3) is 0.889. The predicted molar refractivity (Wildman–Crippen MR) is 45.0 cm³/mol. The Morgan fingerprint density at radius 2 is 2.50 bits per heavy atom. The van der Waals surface area contributed by atoms with Gasteiger partial charge in [-0.3, -0.25) is 0 Å². The van der Waals surface area contributed by atoms with Crippen LogP contribution in [0, 0.1) is 11.3 Å². The largest absolute Gasteiger partial charge is 0.384 e. The van der Waals surface area contributed by atoms with Gasteiger partial charge in [-0.2, -0.15) is 0 Å². The van der Waals surface area contributed by atoms with Gasteiger partial charge in [0.1, 0.15) is 6.29 Å². The second kappa shape index (κ2) is 4.01. The Kier molecular flexibility index (Phi) is 3.23. The Morgan fingerprint density at radius 3 is 2.92 bits per heavy atom. The van der Waals surface area contributed by atoms with Crippen molar-refractivity contribution >= 4 is 6.29 Å². The lowest BCUT2D eigenvalue weighted by Crippen LogP contribution is -2.33. The van der Waals surface area contributed by atoms with Crippen molar-refractivity contribution < 1.29 is 14.3 Å². The minimum absolute atomic E-state index is 0.252. The van der Waals surface area contributed by atoms with Crippen LogP contribution in [0.5, 0.6) is 0 Å². The summed E-state index contributed by atoms with van der Waals surface area (Å²) in [5.41, 5.74) is -0.282. The third kappa shape index (κ3) is 1.67. The summed E-state index contributed by atoms with van der Waals surface area (Å²) in [4.78, 5) is 10.9. The number of aldehydes is 1. The van der Waals surface area contributed by atoms with Crippen LogP contribution in [0.4, 0.5) is 0 Å². The van der Waals surface area contributed by atoms with E-state index in [9.17, 15) is 4.79 Å². The molecule has 1 aliphatic heterocycles. The summed E-state index contributed by atoms with van der Waals surface area (Å²) in [7, 11) is 1.66. The van der Waals surface area contributed by atoms with Gasteiger partial charge in [0, 0.05) is 20.3 Å². The van der Waals surface area contributed by atoms with Crippen LogP contribution < -0.4 is 0 Å². The van der Waals surface area contributed by atoms with Gasteiger partial charge in [0.05, 0.1) is 12.0 Å². The molecular formula is C9H16O3. The molecule has 0 aromatic carbocycles. The van der Waals surface area contributed by atoms with Crippen LogP contribution in [0.2, 0.25) is 0 Å². The summed E-state index contributed by atoms with van der Waals surface area (Å²) in [6.07, 6.45) is 1.87. The van der Waals surface area contributed by atoms with Crippen LogP contribution in [0.3, 0.4) is 0 Å². The van der Waals surface area contributed by atoms with E-state index < -0.39 is 0 Å². The topological polar surface area (TPSA) is 35.5 Å². The molecule has 70 valence electrons. The third-order valence-corrected chi connectivity index (χ3v) is 2.72. The molecule has 3 nitrogen and oxygen atoms in total.